The van der Waals surface area contributed by atoms with Crippen LogP contribution < -0.4 is 5.73 Å². The Hall–Kier alpha value is -2.04. The van der Waals surface area contributed by atoms with E-state index in [-0.39, 0.29) is 18.3 Å². The van der Waals surface area contributed by atoms with Crippen LogP contribution in [0, 0.1) is 0 Å². The lowest BCUT2D eigenvalue weighted by atomic mass is 9.86. The lowest BCUT2D eigenvalue weighted by Gasteiger charge is -2.34. The molecule has 2 N–H and O–H groups in total. The first-order valence-corrected chi connectivity index (χ1v) is 8.23. The first kappa shape index (κ1) is 16.8. The Balaban J connectivity index is 2.09. The van der Waals surface area contributed by atoms with Crippen LogP contribution in [-0.4, -0.2) is 23.8 Å². The van der Waals surface area contributed by atoms with Gasteiger partial charge in [0.15, 0.2) is 5.96 Å². The van der Waals surface area contributed by atoms with Crippen LogP contribution in [0.3, 0.4) is 0 Å². The highest BCUT2D eigenvalue weighted by Gasteiger charge is 2.36. The summed E-state index contributed by atoms with van der Waals surface area (Å²) in [5, 5.41) is 1.29. The van der Waals surface area contributed by atoms with E-state index in [4.69, 9.17) is 28.9 Å². The molecule has 1 atom stereocenters. The number of rotatable bonds is 2. The number of hydrogen-bond donors (Lipinski definition) is 1. The molecule has 0 aromatic heterocycles. The van der Waals surface area contributed by atoms with Crippen LogP contribution >= 0.6 is 23.2 Å². The summed E-state index contributed by atoms with van der Waals surface area (Å²) in [6.07, 6.45) is 0.256. The van der Waals surface area contributed by atoms with Crippen LogP contribution in [0.15, 0.2) is 47.5 Å². The monoisotopic (exact) mass is 361 g/mol. The number of hydrogen-bond acceptors (Lipinski definition) is 3. The normalized spacial score (nSPS) is 20.9. The fourth-order valence-corrected chi connectivity index (χ4v) is 3.14. The molecule has 3 rings (SSSR count). The zero-order valence-corrected chi connectivity index (χ0v) is 14.9. The average molecular weight is 362 g/mol. The number of carbonyl (C=O) groups excluding carboxylic acids is 1. The molecule has 1 heterocycles. The van der Waals surface area contributed by atoms with Gasteiger partial charge in [-0.05, 0) is 42.3 Å². The molecule has 1 unspecified atom stereocenters. The van der Waals surface area contributed by atoms with Crippen molar-refractivity contribution in [2.24, 2.45) is 10.7 Å². The summed E-state index contributed by atoms with van der Waals surface area (Å²) < 4.78 is 0. The fourth-order valence-electron chi connectivity index (χ4n) is 2.79. The van der Waals surface area contributed by atoms with E-state index in [1.165, 1.54) is 4.90 Å². The molecular weight excluding hydrogens is 345 g/mol. The highest BCUT2D eigenvalue weighted by Crippen LogP contribution is 2.37. The molecule has 0 radical (unpaired) electrons. The molecule has 0 fully saturated rings. The Morgan fingerprint density at radius 3 is 2.46 bits per heavy atom. The second-order valence-electron chi connectivity index (χ2n) is 6.07. The van der Waals surface area contributed by atoms with Gasteiger partial charge in [-0.1, -0.05) is 41.4 Å². The van der Waals surface area contributed by atoms with E-state index in [9.17, 15) is 4.79 Å². The summed E-state index contributed by atoms with van der Waals surface area (Å²) in [5.41, 5.74) is 7.89. The summed E-state index contributed by atoms with van der Waals surface area (Å²) in [6, 6.07) is 13.1. The zero-order chi connectivity index (χ0) is 17.5. The maximum Gasteiger partial charge on any atom is 0.231 e. The van der Waals surface area contributed by atoms with Crippen molar-refractivity contribution in [1.29, 1.82) is 0 Å². The molecule has 1 aliphatic heterocycles. The number of halogens is 2. The highest BCUT2D eigenvalue weighted by molar-refractivity contribution is 6.33. The second-order valence-corrected chi connectivity index (χ2v) is 6.92. The third-order valence-electron chi connectivity index (χ3n) is 4.32. The van der Waals surface area contributed by atoms with Gasteiger partial charge in [0, 0.05) is 22.7 Å². The van der Waals surface area contributed by atoms with E-state index < -0.39 is 5.54 Å². The van der Waals surface area contributed by atoms with Gasteiger partial charge in [-0.15, -0.1) is 0 Å². The van der Waals surface area contributed by atoms with Gasteiger partial charge in [0.25, 0.3) is 0 Å². The van der Waals surface area contributed by atoms with Crippen LogP contribution in [0.25, 0.3) is 11.1 Å². The minimum Gasteiger partial charge on any atom is -0.369 e. The number of amides is 1. The van der Waals surface area contributed by atoms with Gasteiger partial charge >= 0.3 is 0 Å². The van der Waals surface area contributed by atoms with E-state index in [2.05, 4.69) is 4.99 Å². The van der Waals surface area contributed by atoms with Crippen molar-refractivity contribution in [1.82, 2.24) is 4.90 Å². The van der Waals surface area contributed by atoms with Gasteiger partial charge < -0.3 is 5.73 Å². The van der Waals surface area contributed by atoms with Crippen molar-refractivity contribution in [2.75, 3.05) is 7.05 Å². The van der Waals surface area contributed by atoms with Gasteiger partial charge in [0.1, 0.15) is 0 Å². The standard InChI is InChI=1S/C18H17Cl2N3O/c1-18(10-16(24)23(2)17(21)22-18)12-5-8-15(20)14(9-12)11-3-6-13(19)7-4-11/h3-9H,10H2,1-2H3,(H2,21,22). The molecule has 4 nitrogen and oxygen atoms in total. The number of guanidine groups is 1. The smallest absolute Gasteiger partial charge is 0.231 e. The third-order valence-corrected chi connectivity index (χ3v) is 4.90. The number of nitrogens with two attached hydrogens (primary N) is 1. The minimum absolute atomic E-state index is 0.0620. The predicted octanol–water partition coefficient (Wildman–Crippen LogP) is 4.05. The van der Waals surface area contributed by atoms with Gasteiger partial charge in [0.05, 0.1) is 12.0 Å². The summed E-state index contributed by atoms with van der Waals surface area (Å²) in [5.74, 6) is 0.157. The molecule has 0 aliphatic carbocycles. The Bertz CT molecular complexity index is 833. The number of carbonyl (C=O) groups is 1. The van der Waals surface area contributed by atoms with Gasteiger partial charge in [-0.2, -0.15) is 0 Å². The number of aliphatic imine (C=N–C) groups is 1. The number of benzene rings is 2. The summed E-state index contributed by atoms with van der Waals surface area (Å²) >= 11 is 12.3. The van der Waals surface area contributed by atoms with Gasteiger partial charge in [-0.3, -0.25) is 9.69 Å². The molecule has 1 amide bonds. The van der Waals surface area contributed by atoms with Gasteiger partial charge in [0.2, 0.25) is 5.91 Å². The molecule has 2 aromatic carbocycles. The van der Waals surface area contributed by atoms with Crippen molar-refractivity contribution in [3.8, 4) is 11.1 Å². The van der Waals surface area contributed by atoms with Gasteiger partial charge in [-0.25, -0.2) is 4.99 Å². The predicted molar refractivity (Wildman–Crippen MR) is 98.3 cm³/mol. The molecule has 0 spiro atoms. The Morgan fingerprint density at radius 1 is 1.17 bits per heavy atom. The van der Waals surface area contributed by atoms with E-state index in [0.717, 1.165) is 16.7 Å². The second kappa shape index (κ2) is 6.11. The van der Waals surface area contributed by atoms with E-state index in [0.29, 0.717) is 10.0 Å². The van der Waals surface area contributed by atoms with Crippen LogP contribution in [-0.2, 0) is 10.3 Å². The lowest BCUT2D eigenvalue weighted by molar-refractivity contribution is -0.128. The lowest BCUT2D eigenvalue weighted by Crippen LogP contribution is -2.47. The third kappa shape index (κ3) is 2.99. The molecule has 124 valence electrons. The molecular formula is C18H17Cl2N3O. The van der Waals surface area contributed by atoms with Crippen molar-refractivity contribution < 1.29 is 4.79 Å². The molecule has 0 saturated carbocycles. The quantitative estimate of drug-likeness (QED) is 0.876. The van der Waals surface area contributed by atoms with E-state index in [1.54, 1.807) is 7.05 Å². The van der Waals surface area contributed by atoms with Crippen LogP contribution in [0.5, 0.6) is 0 Å². The van der Waals surface area contributed by atoms with Crippen LogP contribution in [0.1, 0.15) is 18.9 Å². The maximum atomic E-state index is 12.2. The number of nitrogens with zero attached hydrogens (tertiary/aromatic N) is 2. The fraction of sp³-hybridized carbons (Fsp3) is 0.222. The zero-order valence-electron chi connectivity index (χ0n) is 13.4. The highest BCUT2D eigenvalue weighted by atomic mass is 35.5. The molecule has 6 heteroatoms. The van der Waals surface area contributed by atoms with Crippen molar-refractivity contribution in [3.05, 3.63) is 58.1 Å². The average Bonchev–Trinajstić information content (AvgIpc) is 2.54. The first-order valence-electron chi connectivity index (χ1n) is 7.48. The van der Waals surface area contributed by atoms with Crippen LogP contribution in [0.4, 0.5) is 0 Å². The Kier molecular flexibility index (Phi) is 4.28. The van der Waals surface area contributed by atoms with Crippen molar-refractivity contribution in [2.45, 2.75) is 18.9 Å². The molecule has 0 bridgehead atoms. The largest absolute Gasteiger partial charge is 0.369 e. The molecule has 1 aliphatic rings. The first-order chi connectivity index (χ1) is 11.3. The van der Waals surface area contributed by atoms with Crippen molar-refractivity contribution >= 4 is 35.1 Å². The molecule has 24 heavy (non-hydrogen) atoms. The minimum atomic E-state index is -0.709. The SMILES string of the molecule is CN1C(=O)CC(C)(c2ccc(Cl)c(-c3ccc(Cl)cc3)c2)N=C1N. The molecule has 2 aromatic rings. The van der Waals surface area contributed by atoms with E-state index in [1.807, 2.05) is 49.4 Å². The topological polar surface area (TPSA) is 58.7 Å². The maximum absolute atomic E-state index is 12.2. The van der Waals surface area contributed by atoms with E-state index >= 15 is 0 Å². The summed E-state index contributed by atoms with van der Waals surface area (Å²) in [6.45, 7) is 1.90. The summed E-state index contributed by atoms with van der Waals surface area (Å²) in [4.78, 5) is 18.1. The van der Waals surface area contributed by atoms with Crippen molar-refractivity contribution in [3.63, 3.8) is 0 Å². The van der Waals surface area contributed by atoms with Crippen LogP contribution in [0.2, 0.25) is 10.0 Å². The Morgan fingerprint density at radius 2 is 1.83 bits per heavy atom. The molecule has 0 saturated heterocycles. The Labute approximate surface area is 150 Å². The summed E-state index contributed by atoms with van der Waals surface area (Å²) in [7, 11) is 1.63.